The molecule has 1 aromatic carbocycles. The van der Waals surface area contributed by atoms with Crippen molar-refractivity contribution in [1.82, 2.24) is 9.97 Å². The summed E-state index contributed by atoms with van der Waals surface area (Å²) in [4.78, 5) is 19.7. The molecule has 0 fully saturated rings. The van der Waals surface area contributed by atoms with Gasteiger partial charge in [-0.2, -0.15) is 0 Å². The Balaban J connectivity index is 2.48. The summed E-state index contributed by atoms with van der Waals surface area (Å²) < 4.78 is 5.28. The largest absolute Gasteiger partial charge is 0.477 e. The maximum atomic E-state index is 11.3. The molecule has 1 amide bonds. The van der Waals surface area contributed by atoms with E-state index in [1.807, 2.05) is 13.0 Å². The smallest absolute Gasteiger partial charge is 0.249 e. The first-order chi connectivity index (χ1) is 8.72. The van der Waals surface area contributed by atoms with Crippen LogP contribution in [0.25, 0.3) is 11.3 Å². The number of hydrogen-bond donors (Lipinski definition) is 1. The van der Waals surface area contributed by atoms with E-state index in [1.54, 1.807) is 24.4 Å². The average molecular weight is 243 g/mol. The Morgan fingerprint density at radius 3 is 2.83 bits per heavy atom. The van der Waals surface area contributed by atoms with Gasteiger partial charge in [-0.05, 0) is 13.0 Å². The maximum Gasteiger partial charge on any atom is 0.249 e. The van der Waals surface area contributed by atoms with Crippen molar-refractivity contribution in [3.63, 3.8) is 0 Å². The van der Waals surface area contributed by atoms with E-state index in [4.69, 9.17) is 10.5 Å². The van der Waals surface area contributed by atoms with Gasteiger partial charge in [0.05, 0.1) is 24.7 Å². The van der Waals surface area contributed by atoms with Crippen molar-refractivity contribution in [1.29, 1.82) is 0 Å². The Bertz CT molecular complexity index is 570. The van der Waals surface area contributed by atoms with Crippen LogP contribution in [0.2, 0.25) is 0 Å². The standard InChI is InChI=1S/C13H13N3O2/c1-2-18-12-8-15-7-11(16-12)9-5-3-4-6-10(9)13(14)17/h3-8H,2H2,1H3,(H2,14,17). The summed E-state index contributed by atoms with van der Waals surface area (Å²) >= 11 is 0. The summed E-state index contributed by atoms with van der Waals surface area (Å²) in [6.07, 6.45) is 3.10. The van der Waals surface area contributed by atoms with Crippen LogP contribution in [-0.4, -0.2) is 22.5 Å². The lowest BCUT2D eigenvalue weighted by Crippen LogP contribution is -2.12. The Morgan fingerprint density at radius 1 is 1.33 bits per heavy atom. The molecule has 0 aliphatic carbocycles. The third kappa shape index (κ3) is 2.45. The molecule has 0 aliphatic heterocycles. The third-order valence-electron chi connectivity index (χ3n) is 2.37. The van der Waals surface area contributed by atoms with Crippen LogP contribution in [0.3, 0.4) is 0 Å². The topological polar surface area (TPSA) is 78.1 Å². The number of primary amides is 1. The minimum atomic E-state index is -0.491. The van der Waals surface area contributed by atoms with Crippen LogP contribution in [0.15, 0.2) is 36.7 Å². The van der Waals surface area contributed by atoms with Crippen LogP contribution in [0.1, 0.15) is 17.3 Å². The molecular weight excluding hydrogens is 230 g/mol. The number of rotatable bonds is 4. The molecule has 1 heterocycles. The summed E-state index contributed by atoms with van der Waals surface area (Å²) in [5.41, 5.74) is 6.96. The number of benzene rings is 1. The van der Waals surface area contributed by atoms with Crippen LogP contribution >= 0.6 is 0 Å². The summed E-state index contributed by atoms with van der Waals surface area (Å²) in [7, 11) is 0. The van der Waals surface area contributed by atoms with Crippen LogP contribution in [0, 0.1) is 0 Å². The normalized spacial score (nSPS) is 10.1. The van der Waals surface area contributed by atoms with Gasteiger partial charge in [0.1, 0.15) is 0 Å². The molecule has 18 heavy (non-hydrogen) atoms. The van der Waals surface area contributed by atoms with Crippen LogP contribution in [-0.2, 0) is 0 Å². The fourth-order valence-electron chi connectivity index (χ4n) is 1.62. The van der Waals surface area contributed by atoms with Gasteiger partial charge in [-0.1, -0.05) is 18.2 Å². The zero-order valence-corrected chi connectivity index (χ0v) is 9.96. The highest BCUT2D eigenvalue weighted by molar-refractivity contribution is 5.99. The first-order valence-corrected chi connectivity index (χ1v) is 5.56. The molecule has 0 radical (unpaired) electrons. The van der Waals surface area contributed by atoms with Gasteiger partial charge in [0, 0.05) is 11.1 Å². The number of hydrogen-bond acceptors (Lipinski definition) is 4. The molecule has 5 nitrogen and oxygen atoms in total. The number of amides is 1. The summed E-state index contributed by atoms with van der Waals surface area (Å²) in [5.74, 6) is -0.0662. The molecule has 0 saturated heterocycles. The summed E-state index contributed by atoms with van der Waals surface area (Å²) in [6.45, 7) is 2.38. The lowest BCUT2D eigenvalue weighted by molar-refractivity contribution is 0.100. The SMILES string of the molecule is CCOc1cncc(-c2ccccc2C(N)=O)n1. The quantitative estimate of drug-likeness (QED) is 0.885. The van der Waals surface area contributed by atoms with E-state index in [9.17, 15) is 4.79 Å². The lowest BCUT2D eigenvalue weighted by atomic mass is 10.0. The Kier molecular flexibility index (Phi) is 3.52. The van der Waals surface area contributed by atoms with E-state index >= 15 is 0 Å². The van der Waals surface area contributed by atoms with Crippen molar-refractivity contribution in [3.8, 4) is 17.1 Å². The second-order valence-electron chi connectivity index (χ2n) is 3.59. The fraction of sp³-hybridized carbons (Fsp3) is 0.154. The van der Waals surface area contributed by atoms with Gasteiger partial charge in [-0.25, -0.2) is 4.98 Å². The number of nitrogens with zero attached hydrogens (tertiary/aromatic N) is 2. The highest BCUT2D eigenvalue weighted by atomic mass is 16.5. The van der Waals surface area contributed by atoms with E-state index < -0.39 is 5.91 Å². The minimum absolute atomic E-state index is 0.417. The molecule has 0 spiro atoms. The Labute approximate surface area is 105 Å². The molecule has 0 atom stereocenters. The van der Waals surface area contributed by atoms with E-state index in [2.05, 4.69) is 9.97 Å². The van der Waals surface area contributed by atoms with Crippen molar-refractivity contribution in [2.45, 2.75) is 6.92 Å². The molecule has 0 bridgehead atoms. The van der Waals surface area contributed by atoms with E-state index in [1.165, 1.54) is 6.20 Å². The van der Waals surface area contributed by atoms with Gasteiger partial charge in [0.2, 0.25) is 11.8 Å². The molecule has 0 unspecified atom stereocenters. The van der Waals surface area contributed by atoms with Crippen molar-refractivity contribution >= 4 is 5.91 Å². The predicted octanol–water partition coefficient (Wildman–Crippen LogP) is 1.64. The van der Waals surface area contributed by atoms with Gasteiger partial charge < -0.3 is 10.5 Å². The molecular formula is C13H13N3O2. The van der Waals surface area contributed by atoms with Crippen LogP contribution in [0.4, 0.5) is 0 Å². The number of carbonyl (C=O) groups excluding carboxylic acids is 1. The van der Waals surface area contributed by atoms with E-state index in [-0.39, 0.29) is 0 Å². The highest BCUT2D eigenvalue weighted by Crippen LogP contribution is 2.22. The number of aromatic nitrogens is 2. The van der Waals surface area contributed by atoms with Gasteiger partial charge >= 0.3 is 0 Å². The second-order valence-corrected chi connectivity index (χ2v) is 3.59. The van der Waals surface area contributed by atoms with Crippen LogP contribution < -0.4 is 10.5 Å². The monoisotopic (exact) mass is 243 g/mol. The van der Waals surface area contributed by atoms with Crippen molar-refractivity contribution < 1.29 is 9.53 Å². The zero-order valence-electron chi connectivity index (χ0n) is 9.96. The molecule has 5 heteroatoms. The maximum absolute atomic E-state index is 11.3. The first kappa shape index (κ1) is 12.0. The van der Waals surface area contributed by atoms with Crippen LogP contribution in [0.5, 0.6) is 5.88 Å². The van der Waals surface area contributed by atoms with Gasteiger partial charge in [-0.15, -0.1) is 0 Å². The Morgan fingerprint density at radius 2 is 2.11 bits per heavy atom. The second kappa shape index (κ2) is 5.27. The number of nitrogens with two attached hydrogens (primary N) is 1. The first-order valence-electron chi connectivity index (χ1n) is 5.56. The Hall–Kier alpha value is -2.43. The highest BCUT2D eigenvalue weighted by Gasteiger charge is 2.11. The van der Waals surface area contributed by atoms with Crippen molar-refractivity contribution in [2.24, 2.45) is 5.73 Å². The van der Waals surface area contributed by atoms with E-state index in [0.717, 1.165) is 0 Å². The zero-order chi connectivity index (χ0) is 13.0. The third-order valence-corrected chi connectivity index (χ3v) is 2.37. The van der Waals surface area contributed by atoms with E-state index in [0.29, 0.717) is 29.3 Å². The molecule has 2 aromatic rings. The number of carbonyl (C=O) groups is 1. The molecule has 2 rings (SSSR count). The predicted molar refractivity (Wildman–Crippen MR) is 67.2 cm³/mol. The number of ether oxygens (including phenoxy) is 1. The fourth-order valence-corrected chi connectivity index (χ4v) is 1.62. The van der Waals surface area contributed by atoms with Gasteiger partial charge in [-0.3, -0.25) is 9.78 Å². The van der Waals surface area contributed by atoms with Gasteiger partial charge in [0.25, 0.3) is 0 Å². The molecule has 0 saturated carbocycles. The minimum Gasteiger partial charge on any atom is -0.477 e. The molecule has 2 N–H and O–H groups in total. The van der Waals surface area contributed by atoms with Gasteiger partial charge in [0.15, 0.2) is 0 Å². The molecule has 0 aliphatic rings. The molecule has 92 valence electrons. The summed E-state index contributed by atoms with van der Waals surface area (Å²) in [6, 6.07) is 7.01. The van der Waals surface area contributed by atoms with Crippen molar-refractivity contribution in [2.75, 3.05) is 6.61 Å². The molecule has 1 aromatic heterocycles. The average Bonchev–Trinajstić information content (AvgIpc) is 2.39. The van der Waals surface area contributed by atoms with Crippen molar-refractivity contribution in [3.05, 3.63) is 42.2 Å². The summed E-state index contributed by atoms with van der Waals surface area (Å²) in [5, 5.41) is 0. The lowest BCUT2D eigenvalue weighted by Gasteiger charge is -2.07.